The van der Waals surface area contributed by atoms with Crippen LogP contribution in [0.3, 0.4) is 0 Å². The summed E-state index contributed by atoms with van der Waals surface area (Å²) in [5, 5.41) is 4.92. The minimum absolute atomic E-state index is 0.370. The predicted molar refractivity (Wildman–Crippen MR) is 130 cm³/mol. The molecule has 1 aliphatic heterocycles. The Labute approximate surface area is 197 Å². The highest BCUT2D eigenvalue weighted by atomic mass is 16.5. The Hall–Kier alpha value is -3.56. The van der Waals surface area contributed by atoms with Crippen molar-refractivity contribution in [3.63, 3.8) is 0 Å². The SMILES string of the molecule is CCn1c(C=O)nc2c(N3CCOCC3)cc(-n3nc(-c4cccc(C)c4)cc3COC)nc21. The number of nitrogens with zero attached hydrogens (tertiary/aromatic N) is 6. The molecular weight excluding hydrogens is 432 g/mol. The molecule has 1 saturated heterocycles. The van der Waals surface area contributed by atoms with Crippen LogP contribution in [-0.4, -0.2) is 64.0 Å². The predicted octanol–water partition coefficient (Wildman–Crippen LogP) is 3.41. The van der Waals surface area contributed by atoms with Gasteiger partial charge in [-0.25, -0.2) is 14.6 Å². The van der Waals surface area contributed by atoms with Crippen LogP contribution in [0.1, 0.15) is 28.8 Å². The van der Waals surface area contributed by atoms with E-state index in [1.807, 2.05) is 34.4 Å². The maximum Gasteiger partial charge on any atom is 0.185 e. The fourth-order valence-electron chi connectivity index (χ4n) is 4.45. The lowest BCUT2D eigenvalue weighted by atomic mass is 10.1. The largest absolute Gasteiger partial charge is 0.378 e. The number of methoxy groups -OCH3 is 1. The van der Waals surface area contributed by atoms with Crippen molar-refractivity contribution < 1.29 is 14.3 Å². The summed E-state index contributed by atoms with van der Waals surface area (Å²) in [7, 11) is 1.67. The molecule has 0 radical (unpaired) electrons. The molecule has 5 rings (SSSR count). The standard InChI is InChI=1S/C25H28N6O3/c1-4-30-23(15-32)26-24-21(29-8-10-34-11-9-29)14-22(27-25(24)30)31-19(16-33-3)13-20(28-31)18-7-5-6-17(2)12-18/h5-7,12-15H,4,8-11,16H2,1-3H3. The molecule has 1 aliphatic rings. The van der Waals surface area contributed by atoms with Crippen LogP contribution < -0.4 is 4.90 Å². The molecule has 0 unspecified atom stereocenters. The number of aryl methyl sites for hydroxylation is 2. The van der Waals surface area contributed by atoms with E-state index >= 15 is 0 Å². The van der Waals surface area contributed by atoms with Gasteiger partial charge in [0.1, 0.15) is 5.52 Å². The highest BCUT2D eigenvalue weighted by molar-refractivity contribution is 5.91. The summed E-state index contributed by atoms with van der Waals surface area (Å²) >= 11 is 0. The molecule has 0 saturated carbocycles. The van der Waals surface area contributed by atoms with E-state index in [-0.39, 0.29) is 0 Å². The smallest absolute Gasteiger partial charge is 0.185 e. The second-order valence-electron chi connectivity index (χ2n) is 8.34. The van der Waals surface area contributed by atoms with E-state index in [2.05, 4.69) is 35.0 Å². The monoisotopic (exact) mass is 460 g/mol. The van der Waals surface area contributed by atoms with Crippen molar-refractivity contribution in [2.24, 2.45) is 0 Å². The summed E-state index contributed by atoms with van der Waals surface area (Å²) in [5.41, 5.74) is 6.25. The van der Waals surface area contributed by atoms with Crippen LogP contribution in [-0.2, 0) is 22.6 Å². The molecular formula is C25H28N6O3. The Balaban J connectivity index is 1.72. The van der Waals surface area contributed by atoms with Gasteiger partial charge in [-0.1, -0.05) is 23.8 Å². The number of imidazole rings is 1. The third-order valence-electron chi connectivity index (χ3n) is 6.08. The second-order valence-corrected chi connectivity index (χ2v) is 8.34. The molecule has 9 nitrogen and oxygen atoms in total. The highest BCUT2D eigenvalue weighted by Gasteiger charge is 2.23. The third-order valence-corrected chi connectivity index (χ3v) is 6.08. The summed E-state index contributed by atoms with van der Waals surface area (Å²) < 4.78 is 14.7. The number of morpholine rings is 1. The number of ether oxygens (including phenoxy) is 2. The molecule has 4 aromatic rings. The Morgan fingerprint density at radius 1 is 1.15 bits per heavy atom. The zero-order valence-corrected chi connectivity index (χ0v) is 19.7. The first-order valence-corrected chi connectivity index (χ1v) is 11.5. The van der Waals surface area contributed by atoms with Crippen LogP contribution in [0.25, 0.3) is 28.2 Å². The van der Waals surface area contributed by atoms with Crippen molar-refractivity contribution in [2.45, 2.75) is 27.0 Å². The Morgan fingerprint density at radius 3 is 2.68 bits per heavy atom. The van der Waals surface area contributed by atoms with Crippen LogP contribution in [0.5, 0.6) is 0 Å². The Bertz CT molecular complexity index is 1340. The first-order valence-electron chi connectivity index (χ1n) is 11.5. The molecule has 0 amide bonds. The third kappa shape index (κ3) is 3.97. The fraction of sp³-hybridized carbons (Fsp3) is 0.360. The van der Waals surface area contributed by atoms with Gasteiger partial charge in [-0.3, -0.25) is 4.79 Å². The van der Waals surface area contributed by atoms with Crippen LogP contribution in [0.4, 0.5) is 5.69 Å². The summed E-state index contributed by atoms with van der Waals surface area (Å²) in [6.45, 7) is 7.79. The van der Waals surface area contributed by atoms with E-state index in [4.69, 9.17) is 19.6 Å². The number of fused-ring (bicyclic) bond motifs is 1. The van der Waals surface area contributed by atoms with Crippen LogP contribution >= 0.6 is 0 Å². The van der Waals surface area contributed by atoms with Gasteiger partial charge in [0, 0.05) is 38.4 Å². The summed E-state index contributed by atoms with van der Waals surface area (Å²) in [5.74, 6) is 1.03. The lowest BCUT2D eigenvalue weighted by molar-refractivity contribution is 0.111. The minimum Gasteiger partial charge on any atom is -0.378 e. The first kappa shape index (κ1) is 22.2. The van der Waals surface area contributed by atoms with E-state index in [9.17, 15) is 4.79 Å². The van der Waals surface area contributed by atoms with Crippen LogP contribution in [0.2, 0.25) is 0 Å². The molecule has 3 aromatic heterocycles. The lowest BCUT2D eigenvalue weighted by Crippen LogP contribution is -2.36. The van der Waals surface area contributed by atoms with E-state index in [0.29, 0.717) is 49.2 Å². The molecule has 0 atom stereocenters. The van der Waals surface area contributed by atoms with E-state index in [1.54, 1.807) is 7.11 Å². The molecule has 34 heavy (non-hydrogen) atoms. The molecule has 9 heteroatoms. The number of aromatic nitrogens is 5. The number of pyridine rings is 1. The van der Waals surface area contributed by atoms with Gasteiger partial charge in [0.15, 0.2) is 23.6 Å². The number of carbonyl (C=O) groups excluding carboxylic acids is 1. The molecule has 0 bridgehead atoms. The lowest BCUT2D eigenvalue weighted by Gasteiger charge is -2.29. The second kappa shape index (κ2) is 9.36. The zero-order valence-electron chi connectivity index (χ0n) is 19.7. The number of hydrogen-bond acceptors (Lipinski definition) is 7. The molecule has 0 N–H and O–H groups in total. The van der Waals surface area contributed by atoms with Gasteiger partial charge in [-0.15, -0.1) is 0 Å². The van der Waals surface area contributed by atoms with Crippen molar-refractivity contribution in [3.05, 3.63) is 53.5 Å². The van der Waals surface area contributed by atoms with Crippen molar-refractivity contribution in [1.29, 1.82) is 0 Å². The molecule has 4 heterocycles. The number of rotatable bonds is 7. The van der Waals surface area contributed by atoms with Crippen LogP contribution in [0, 0.1) is 6.92 Å². The number of aldehydes is 1. The molecule has 1 aromatic carbocycles. The van der Waals surface area contributed by atoms with Crippen molar-refractivity contribution in [2.75, 3.05) is 38.3 Å². The number of anilines is 1. The number of carbonyl (C=O) groups is 1. The van der Waals surface area contributed by atoms with Crippen molar-refractivity contribution >= 4 is 23.1 Å². The molecule has 0 spiro atoms. The van der Waals surface area contributed by atoms with Gasteiger partial charge < -0.3 is 18.9 Å². The van der Waals surface area contributed by atoms with Gasteiger partial charge in [0.05, 0.1) is 36.9 Å². The quantitative estimate of drug-likeness (QED) is 0.391. The fourth-order valence-corrected chi connectivity index (χ4v) is 4.45. The van der Waals surface area contributed by atoms with Crippen LogP contribution in [0.15, 0.2) is 36.4 Å². The number of hydrogen-bond donors (Lipinski definition) is 0. The summed E-state index contributed by atoms with van der Waals surface area (Å²) in [4.78, 5) is 23.5. The van der Waals surface area contributed by atoms with Gasteiger partial charge in [-0.2, -0.15) is 5.10 Å². The Kier molecular flexibility index (Phi) is 6.12. The number of benzene rings is 1. The first-order chi connectivity index (χ1) is 16.6. The Morgan fingerprint density at radius 2 is 1.97 bits per heavy atom. The molecule has 1 fully saturated rings. The van der Waals surface area contributed by atoms with E-state index < -0.39 is 0 Å². The maximum atomic E-state index is 11.7. The van der Waals surface area contributed by atoms with Gasteiger partial charge in [0.25, 0.3) is 0 Å². The summed E-state index contributed by atoms with van der Waals surface area (Å²) in [6.07, 6.45) is 0.786. The topological polar surface area (TPSA) is 87.3 Å². The van der Waals surface area contributed by atoms with Gasteiger partial charge in [0.2, 0.25) is 0 Å². The van der Waals surface area contributed by atoms with E-state index in [1.165, 1.54) is 5.56 Å². The van der Waals surface area contributed by atoms with Crippen molar-refractivity contribution in [3.8, 4) is 17.1 Å². The highest BCUT2D eigenvalue weighted by Crippen LogP contribution is 2.30. The van der Waals surface area contributed by atoms with Crippen molar-refractivity contribution in [1.82, 2.24) is 24.3 Å². The van der Waals surface area contributed by atoms with E-state index in [0.717, 1.165) is 42.0 Å². The van der Waals surface area contributed by atoms with Gasteiger partial charge >= 0.3 is 0 Å². The minimum atomic E-state index is 0.370. The average molecular weight is 461 g/mol. The zero-order chi connectivity index (χ0) is 23.7. The summed E-state index contributed by atoms with van der Waals surface area (Å²) in [6, 6.07) is 12.3. The average Bonchev–Trinajstić information content (AvgIpc) is 3.45. The van der Waals surface area contributed by atoms with Gasteiger partial charge in [-0.05, 0) is 26.0 Å². The normalized spacial score (nSPS) is 14.1. The molecule has 176 valence electrons. The molecule has 0 aliphatic carbocycles. The maximum absolute atomic E-state index is 11.7.